The minimum absolute atomic E-state index is 0. The first kappa shape index (κ1) is 18.9. The van der Waals surface area contributed by atoms with Crippen molar-refractivity contribution in [1.29, 1.82) is 0 Å². The van der Waals surface area contributed by atoms with Gasteiger partial charge in [0.05, 0.1) is 16.4 Å². The fourth-order valence-corrected chi connectivity index (χ4v) is 6.22. The molecule has 1 aliphatic heterocycles. The Hall–Kier alpha value is 0.140. The van der Waals surface area contributed by atoms with Crippen LogP contribution in [0.25, 0.3) is 0 Å². The van der Waals surface area contributed by atoms with Crippen LogP contribution in [-0.4, -0.2) is 43.7 Å². The van der Waals surface area contributed by atoms with Gasteiger partial charge in [0.15, 0.2) is 5.96 Å². The van der Waals surface area contributed by atoms with Gasteiger partial charge in [-0.15, -0.1) is 35.3 Å². The van der Waals surface area contributed by atoms with Crippen LogP contribution in [0.15, 0.2) is 20.9 Å². The third-order valence-corrected chi connectivity index (χ3v) is 7.52. The SMILES string of the molecule is CN=C(NC1C2CCOC2C12CCC2)N(C)Cc1ccc(Br)s1.I. The molecule has 0 aromatic carbocycles. The van der Waals surface area contributed by atoms with Gasteiger partial charge in [-0.2, -0.15) is 0 Å². The van der Waals surface area contributed by atoms with Crippen LogP contribution >= 0.6 is 51.2 Å². The van der Waals surface area contributed by atoms with Crippen LogP contribution in [0.2, 0.25) is 0 Å². The largest absolute Gasteiger partial charge is 0.377 e. The molecule has 0 bridgehead atoms. The Balaban J connectivity index is 0.00000169. The number of ether oxygens (including phenoxy) is 1. The fraction of sp³-hybridized carbons (Fsp3) is 0.706. The van der Waals surface area contributed by atoms with E-state index in [4.69, 9.17) is 4.74 Å². The van der Waals surface area contributed by atoms with Crippen molar-refractivity contribution in [2.24, 2.45) is 16.3 Å². The molecule has 7 heteroatoms. The topological polar surface area (TPSA) is 36.9 Å². The molecular weight excluding hydrogens is 501 g/mol. The first-order valence-corrected chi connectivity index (χ1v) is 10.1. The minimum atomic E-state index is 0. The Kier molecular flexibility index (Phi) is 5.84. The van der Waals surface area contributed by atoms with Gasteiger partial charge in [-0.3, -0.25) is 4.99 Å². The molecule has 3 unspecified atom stereocenters. The first-order valence-electron chi connectivity index (χ1n) is 8.44. The van der Waals surface area contributed by atoms with Gasteiger partial charge in [-0.25, -0.2) is 0 Å². The molecule has 3 atom stereocenters. The lowest BCUT2D eigenvalue weighted by Crippen LogP contribution is -2.72. The van der Waals surface area contributed by atoms with E-state index < -0.39 is 0 Å². The molecule has 1 saturated heterocycles. The molecule has 1 aromatic heterocycles. The molecule has 2 saturated carbocycles. The maximum atomic E-state index is 6.02. The monoisotopic (exact) mass is 525 g/mol. The summed E-state index contributed by atoms with van der Waals surface area (Å²) < 4.78 is 7.20. The number of guanidine groups is 1. The summed E-state index contributed by atoms with van der Waals surface area (Å²) in [5.41, 5.74) is 0.393. The summed E-state index contributed by atoms with van der Waals surface area (Å²) in [6.45, 7) is 1.83. The molecule has 3 fully saturated rings. The Morgan fingerprint density at radius 1 is 1.50 bits per heavy atom. The number of nitrogens with one attached hydrogen (secondary N) is 1. The van der Waals surface area contributed by atoms with E-state index in [2.05, 4.69) is 50.3 Å². The predicted octanol–water partition coefficient (Wildman–Crippen LogP) is 4.09. The van der Waals surface area contributed by atoms with Crippen LogP contribution in [0.1, 0.15) is 30.6 Å². The summed E-state index contributed by atoms with van der Waals surface area (Å²) in [5, 5.41) is 3.78. The van der Waals surface area contributed by atoms with E-state index in [1.54, 1.807) is 11.3 Å². The van der Waals surface area contributed by atoms with Crippen molar-refractivity contribution in [2.45, 2.75) is 44.4 Å². The highest BCUT2D eigenvalue weighted by atomic mass is 127. The molecule has 1 aromatic rings. The lowest BCUT2D eigenvalue weighted by atomic mass is 9.46. The Morgan fingerprint density at radius 2 is 2.29 bits per heavy atom. The molecule has 1 spiro atoms. The molecule has 4 rings (SSSR count). The highest BCUT2D eigenvalue weighted by molar-refractivity contribution is 14.0. The third-order valence-electron chi connectivity index (χ3n) is 5.92. The van der Waals surface area contributed by atoms with E-state index in [0.29, 0.717) is 23.5 Å². The van der Waals surface area contributed by atoms with Crippen LogP contribution in [0.4, 0.5) is 0 Å². The second kappa shape index (κ2) is 7.40. The van der Waals surface area contributed by atoms with E-state index in [1.807, 2.05) is 7.05 Å². The van der Waals surface area contributed by atoms with E-state index in [9.17, 15) is 0 Å². The molecule has 2 aliphatic carbocycles. The molecule has 0 radical (unpaired) electrons. The van der Waals surface area contributed by atoms with Gasteiger partial charge in [-0.05, 0) is 47.3 Å². The number of nitrogens with zero attached hydrogens (tertiary/aromatic N) is 2. The van der Waals surface area contributed by atoms with Crippen LogP contribution in [-0.2, 0) is 11.3 Å². The highest BCUT2D eigenvalue weighted by Gasteiger charge is 2.66. The summed E-state index contributed by atoms with van der Waals surface area (Å²) in [7, 11) is 4.01. The average molecular weight is 526 g/mol. The van der Waals surface area contributed by atoms with E-state index >= 15 is 0 Å². The quantitative estimate of drug-likeness (QED) is 0.367. The van der Waals surface area contributed by atoms with Gasteiger partial charge < -0.3 is 15.0 Å². The fourth-order valence-electron chi connectivity index (χ4n) is 4.69. The van der Waals surface area contributed by atoms with E-state index in [-0.39, 0.29) is 24.0 Å². The van der Waals surface area contributed by atoms with Gasteiger partial charge >= 0.3 is 0 Å². The summed E-state index contributed by atoms with van der Waals surface area (Å²) in [6, 6.07) is 4.83. The molecule has 24 heavy (non-hydrogen) atoms. The number of fused-ring (bicyclic) bond motifs is 2. The van der Waals surface area contributed by atoms with Crippen molar-refractivity contribution >= 4 is 57.2 Å². The zero-order valence-electron chi connectivity index (χ0n) is 14.1. The average Bonchev–Trinajstić information content (AvgIpc) is 3.06. The second-order valence-corrected chi connectivity index (χ2v) is 9.61. The standard InChI is InChI=1S/C17H24BrN3OS.HI/c1-19-16(21(2)10-11-4-5-13(18)23-11)20-14-12-6-9-22-15(12)17(14)7-3-8-17;/h4-5,12,14-15H,3,6-10H2,1-2H3,(H,19,20);1H. The summed E-state index contributed by atoms with van der Waals surface area (Å²) in [4.78, 5) is 8.11. The summed E-state index contributed by atoms with van der Waals surface area (Å²) in [6.07, 6.45) is 5.67. The van der Waals surface area contributed by atoms with Crippen molar-refractivity contribution in [3.8, 4) is 0 Å². The zero-order valence-corrected chi connectivity index (χ0v) is 18.9. The van der Waals surface area contributed by atoms with Crippen molar-refractivity contribution in [3.63, 3.8) is 0 Å². The molecule has 3 aliphatic rings. The van der Waals surface area contributed by atoms with Crippen molar-refractivity contribution in [2.75, 3.05) is 20.7 Å². The van der Waals surface area contributed by atoms with Gasteiger partial charge in [0, 0.05) is 43.0 Å². The van der Waals surface area contributed by atoms with Crippen LogP contribution in [0.5, 0.6) is 0 Å². The number of aliphatic imine (C=N–C) groups is 1. The van der Waals surface area contributed by atoms with E-state index in [1.165, 1.54) is 34.3 Å². The molecule has 1 N–H and O–H groups in total. The number of hydrogen-bond acceptors (Lipinski definition) is 3. The maximum Gasteiger partial charge on any atom is 0.193 e. The molecule has 4 nitrogen and oxygen atoms in total. The second-order valence-electron chi connectivity index (χ2n) is 7.06. The Labute approximate surface area is 173 Å². The van der Waals surface area contributed by atoms with Crippen molar-refractivity contribution in [1.82, 2.24) is 10.2 Å². The summed E-state index contributed by atoms with van der Waals surface area (Å²) >= 11 is 5.33. The Morgan fingerprint density at radius 3 is 2.88 bits per heavy atom. The predicted molar refractivity (Wildman–Crippen MR) is 113 cm³/mol. The maximum absolute atomic E-state index is 6.02. The van der Waals surface area contributed by atoms with Gasteiger partial charge in [-0.1, -0.05) is 6.42 Å². The molecule has 2 heterocycles. The smallest absolute Gasteiger partial charge is 0.193 e. The van der Waals surface area contributed by atoms with E-state index in [0.717, 1.165) is 19.1 Å². The first-order chi connectivity index (χ1) is 11.1. The van der Waals surface area contributed by atoms with Crippen molar-refractivity contribution in [3.05, 3.63) is 20.8 Å². The lowest BCUT2D eigenvalue weighted by molar-refractivity contribution is -0.171. The Bertz CT molecular complexity index is 619. The lowest BCUT2D eigenvalue weighted by Gasteiger charge is -2.63. The van der Waals surface area contributed by atoms with Gasteiger partial charge in [0.25, 0.3) is 0 Å². The molecular formula is C17H25BrIN3OS. The van der Waals surface area contributed by atoms with Crippen LogP contribution in [0.3, 0.4) is 0 Å². The minimum Gasteiger partial charge on any atom is -0.377 e. The number of hydrogen-bond donors (Lipinski definition) is 1. The van der Waals surface area contributed by atoms with Gasteiger partial charge in [0.1, 0.15) is 0 Å². The van der Waals surface area contributed by atoms with Gasteiger partial charge in [0.2, 0.25) is 0 Å². The number of thiophene rings is 1. The summed E-state index contributed by atoms with van der Waals surface area (Å²) in [5.74, 6) is 1.69. The number of rotatable bonds is 3. The molecule has 134 valence electrons. The zero-order chi connectivity index (χ0) is 16.0. The van der Waals surface area contributed by atoms with Crippen LogP contribution < -0.4 is 5.32 Å². The van der Waals surface area contributed by atoms with Crippen molar-refractivity contribution < 1.29 is 4.74 Å². The van der Waals surface area contributed by atoms with Crippen LogP contribution in [0, 0.1) is 11.3 Å². The highest BCUT2D eigenvalue weighted by Crippen LogP contribution is 2.62. The normalized spacial score (nSPS) is 30.1. The molecule has 0 amide bonds. The number of halogens is 2. The third kappa shape index (κ3) is 3.03.